The molecule has 126 valence electrons. The molecule has 0 aromatic heterocycles. The van der Waals surface area contributed by atoms with Crippen LogP contribution in [0.5, 0.6) is 0 Å². The second-order valence-corrected chi connectivity index (χ2v) is 5.03. The molecule has 0 spiro atoms. The molecular formula is C17H17F2N3O2. The lowest BCUT2D eigenvalue weighted by Gasteiger charge is -2.09. The molecule has 0 aliphatic heterocycles. The molecule has 2 rings (SSSR count). The van der Waals surface area contributed by atoms with Crippen LogP contribution in [0.4, 0.5) is 13.6 Å². The second-order valence-electron chi connectivity index (χ2n) is 5.03. The average Bonchev–Trinajstić information content (AvgIpc) is 2.58. The third-order valence-electron chi connectivity index (χ3n) is 3.21. The molecule has 3 amide bonds. The lowest BCUT2D eigenvalue weighted by Crippen LogP contribution is -2.41. The summed E-state index contributed by atoms with van der Waals surface area (Å²) in [5.74, 6) is -1.19. The zero-order valence-corrected chi connectivity index (χ0v) is 12.8. The Morgan fingerprint density at radius 3 is 2.25 bits per heavy atom. The van der Waals surface area contributed by atoms with Crippen LogP contribution in [0.25, 0.3) is 0 Å². The standard InChI is InChI=1S/C17H17F2N3O2/c18-14-7-5-12(6-8-14)9-21-17(24)22-11-16(23)20-10-13-3-1-2-4-15(13)19/h1-8H,9-11H2,(H,20,23)(H2,21,22,24). The van der Waals surface area contributed by atoms with Gasteiger partial charge >= 0.3 is 6.03 Å². The first-order valence-corrected chi connectivity index (χ1v) is 7.31. The van der Waals surface area contributed by atoms with Gasteiger partial charge in [-0.15, -0.1) is 0 Å². The van der Waals surface area contributed by atoms with Crippen LogP contribution in [0.3, 0.4) is 0 Å². The van der Waals surface area contributed by atoms with Crippen LogP contribution < -0.4 is 16.0 Å². The van der Waals surface area contributed by atoms with Gasteiger partial charge in [0, 0.05) is 18.7 Å². The second kappa shape index (κ2) is 8.61. The zero-order valence-electron chi connectivity index (χ0n) is 12.8. The van der Waals surface area contributed by atoms with Gasteiger partial charge in [-0.2, -0.15) is 0 Å². The third-order valence-corrected chi connectivity index (χ3v) is 3.21. The maximum Gasteiger partial charge on any atom is 0.315 e. The smallest absolute Gasteiger partial charge is 0.315 e. The van der Waals surface area contributed by atoms with Gasteiger partial charge < -0.3 is 16.0 Å². The van der Waals surface area contributed by atoms with Crippen molar-refractivity contribution < 1.29 is 18.4 Å². The van der Waals surface area contributed by atoms with E-state index in [1.165, 1.54) is 18.2 Å². The Hall–Kier alpha value is -2.96. The summed E-state index contributed by atoms with van der Waals surface area (Å²) in [5.41, 5.74) is 1.10. The van der Waals surface area contributed by atoms with Crippen molar-refractivity contribution in [3.8, 4) is 0 Å². The Bertz CT molecular complexity index is 705. The summed E-state index contributed by atoms with van der Waals surface area (Å²) in [5, 5.41) is 7.44. The molecule has 7 heteroatoms. The van der Waals surface area contributed by atoms with Crippen molar-refractivity contribution in [2.75, 3.05) is 6.54 Å². The van der Waals surface area contributed by atoms with E-state index in [1.54, 1.807) is 30.3 Å². The third kappa shape index (κ3) is 5.68. The molecule has 0 aliphatic rings. The summed E-state index contributed by atoms with van der Waals surface area (Å²) in [4.78, 5) is 23.2. The predicted octanol–water partition coefficient (Wildman–Crippen LogP) is 2.08. The molecule has 0 bridgehead atoms. The molecule has 5 nitrogen and oxygen atoms in total. The Balaban J connectivity index is 1.66. The SMILES string of the molecule is O=C(CNC(=O)NCc1ccc(F)cc1)NCc1ccccc1F. The summed E-state index contributed by atoms with van der Waals surface area (Å²) in [6.45, 7) is 0.0248. The Labute approximate surface area is 138 Å². The number of urea groups is 1. The van der Waals surface area contributed by atoms with Crippen LogP contribution in [-0.4, -0.2) is 18.5 Å². The fraction of sp³-hybridized carbons (Fsp3) is 0.176. The Kier molecular flexibility index (Phi) is 6.24. The largest absolute Gasteiger partial charge is 0.350 e. The number of rotatable bonds is 6. The molecule has 0 radical (unpaired) electrons. The first-order chi connectivity index (χ1) is 11.5. The van der Waals surface area contributed by atoms with E-state index in [1.807, 2.05) is 0 Å². The highest BCUT2D eigenvalue weighted by Gasteiger charge is 2.06. The average molecular weight is 333 g/mol. The van der Waals surface area contributed by atoms with Crippen LogP contribution in [0.2, 0.25) is 0 Å². The van der Waals surface area contributed by atoms with Crippen LogP contribution in [0, 0.1) is 11.6 Å². The lowest BCUT2D eigenvalue weighted by molar-refractivity contribution is -0.120. The van der Waals surface area contributed by atoms with Gasteiger partial charge in [-0.25, -0.2) is 13.6 Å². The molecule has 0 heterocycles. The fourth-order valence-electron chi connectivity index (χ4n) is 1.91. The Morgan fingerprint density at radius 1 is 0.833 bits per heavy atom. The van der Waals surface area contributed by atoms with E-state index in [-0.39, 0.29) is 25.5 Å². The highest BCUT2D eigenvalue weighted by molar-refractivity contribution is 5.83. The number of hydrogen-bond acceptors (Lipinski definition) is 2. The number of nitrogens with one attached hydrogen (secondary N) is 3. The Morgan fingerprint density at radius 2 is 1.54 bits per heavy atom. The van der Waals surface area contributed by atoms with Crippen LogP contribution in [-0.2, 0) is 17.9 Å². The van der Waals surface area contributed by atoms with E-state index in [4.69, 9.17) is 0 Å². The summed E-state index contributed by atoms with van der Waals surface area (Å²) >= 11 is 0. The van der Waals surface area contributed by atoms with Crippen molar-refractivity contribution >= 4 is 11.9 Å². The van der Waals surface area contributed by atoms with E-state index in [0.29, 0.717) is 5.56 Å². The van der Waals surface area contributed by atoms with Gasteiger partial charge in [0.05, 0.1) is 6.54 Å². The first kappa shape index (κ1) is 17.4. The van der Waals surface area contributed by atoms with Gasteiger partial charge in [0.25, 0.3) is 0 Å². The van der Waals surface area contributed by atoms with E-state index in [0.717, 1.165) is 5.56 Å². The molecule has 3 N–H and O–H groups in total. The topological polar surface area (TPSA) is 70.2 Å². The van der Waals surface area contributed by atoms with E-state index in [9.17, 15) is 18.4 Å². The van der Waals surface area contributed by atoms with Gasteiger partial charge in [0.1, 0.15) is 11.6 Å². The summed E-state index contributed by atoms with van der Waals surface area (Å²) in [6, 6.07) is 11.3. The molecule has 0 saturated carbocycles. The normalized spacial score (nSPS) is 10.1. The number of halogens is 2. The molecule has 24 heavy (non-hydrogen) atoms. The van der Waals surface area contributed by atoms with Gasteiger partial charge in [-0.1, -0.05) is 30.3 Å². The lowest BCUT2D eigenvalue weighted by atomic mass is 10.2. The predicted molar refractivity (Wildman–Crippen MR) is 84.9 cm³/mol. The van der Waals surface area contributed by atoms with Gasteiger partial charge in [-0.05, 0) is 23.8 Å². The summed E-state index contributed by atoms with van der Waals surface area (Å²) in [7, 11) is 0. The maximum absolute atomic E-state index is 13.4. The van der Waals surface area contributed by atoms with Crippen LogP contribution in [0.15, 0.2) is 48.5 Å². The van der Waals surface area contributed by atoms with Crippen molar-refractivity contribution in [3.63, 3.8) is 0 Å². The van der Waals surface area contributed by atoms with E-state index in [2.05, 4.69) is 16.0 Å². The molecule has 0 unspecified atom stereocenters. The zero-order chi connectivity index (χ0) is 17.4. The fourth-order valence-corrected chi connectivity index (χ4v) is 1.91. The van der Waals surface area contributed by atoms with Crippen LogP contribution >= 0.6 is 0 Å². The minimum absolute atomic E-state index is 0.0460. The molecule has 2 aromatic carbocycles. The molecule has 0 atom stereocenters. The number of carbonyl (C=O) groups excluding carboxylic acids is 2. The number of hydrogen-bond donors (Lipinski definition) is 3. The van der Waals surface area contributed by atoms with Crippen molar-refractivity contribution in [2.24, 2.45) is 0 Å². The number of benzene rings is 2. The van der Waals surface area contributed by atoms with E-state index >= 15 is 0 Å². The van der Waals surface area contributed by atoms with E-state index < -0.39 is 17.8 Å². The van der Waals surface area contributed by atoms with Gasteiger partial charge in [0.2, 0.25) is 5.91 Å². The van der Waals surface area contributed by atoms with Crippen molar-refractivity contribution in [3.05, 3.63) is 71.3 Å². The highest BCUT2D eigenvalue weighted by Crippen LogP contribution is 2.05. The maximum atomic E-state index is 13.4. The van der Waals surface area contributed by atoms with Crippen molar-refractivity contribution in [1.29, 1.82) is 0 Å². The quantitative estimate of drug-likeness (QED) is 0.757. The molecule has 0 aliphatic carbocycles. The van der Waals surface area contributed by atoms with Crippen LogP contribution in [0.1, 0.15) is 11.1 Å². The highest BCUT2D eigenvalue weighted by atomic mass is 19.1. The monoisotopic (exact) mass is 333 g/mol. The minimum atomic E-state index is -0.527. The van der Waals surface area contributed by atoms with Crippen molar-refractivity contribution in [2.45, 2.75) is 13.1 Å². The number of carbonyl (C=O) groups is 2. The molecule has 0 saturated heterocycles. The van der Waals surface area contributed by atoms with Gasteiger partial charge in [-0.3, -0.25) is 4.79 Å². The minimum Gasteiger partial charge on any atom is -0.350 e. The summed E-state index contributed by atoms with van der Waals surface area (Å²) in [6.07, 6.45) is 0. The van der Waals surface area contributed by atoms with Crippen molar-refractivity contribution in [1.82, 2.24) is 16.0 Å². The molecule has 2 aromatic rings. The first-order valence-electron chi connectivity index (χ1n) is 7.31. The molecule has 0 fully saturated rings. The molecular weight excluding hydrogens is 316 g/mol. The van der Waals surface area contributed by atoms with Gasteiger partial charge in [0.15, 0.2) is 0 Å². The summed E-state index contributed by atoms with van der Waals surface area (Å²) < 4.78 is 26.1. The number of amides is 3.